The number of benzene rings is 4. The minimum absolute atomic E-state index is 0.0801. The molecule has 0 aliphatic rings. The molecule has 1 amide bonds. The van der Waals surface area contributed by atoms with Crippen molar-refractivity contribution in [2.75, 3.05) is 19.7 Å². The Morgan fingerprint density at radius 2 is 1.78 bits per heavy atom. The molecule has 184 valence electrons. The van der Waals surface area contributed by atoms with Crippen molar-refractivity contribution in [2.45, 2.75) is 13.3 Å². The predicted octanol–water partition coefficient (Wildman–Crippen LogP) is 5.48. The van der Waals surface area contributed by atoms with Gasteiger partial charge in [-0.2, -0.15) is 5.10 Å². The number of phenols is 1. The highest BCUT2D eigenvalue weighted by Gasteiger charge is 2.08. The lowest BCUT2D eigenvalue weighted by Crippen LogP contribution is -2.23. The summed E-state index contributed by atoms with van der Waals surface area (Å²) in [5.41, 5.74) is 6.23. The molecule has 0 saturated carbocycles. The number of phenolic OH excluding ortho intramolecular Hbond substituents is 1. The van der Waals surface area contributed by atoms with E-state index in [1.807, 2.05) is 36.4 Å². The number of fused-ring (bicyclic) bond motifs is 1. The number of hydrogen-bond donors (Lipinski definition) is 3. The number of carbonyl (C=O) groups excluding carboxylic acids is 1. The molecular weight excluding hydrogens is 474 g/mol. The molecule has 4 aromatic carbocycles. The average Bonchev–Trinajstić information content (AvgIpc) is 2.89. The van der Waals surface area contributed by atoms with Gasteiger partial charge in [0.05, 0.1) is 11.2 Å². The van der Waals surface area contributed by atoms with Gasteiger partial charge in [-0.15, -0.1) is 0 Å². The second-order valence-corrected chi connectivity index (χ2v) is 8.81. The summed E-state index contributed by atoms with van der Waals surface area (Å²) in [5, 5.41) is 19.1. The predicted molar refractivity (Wildman–Crippen MR) is 145 cm³/mol. The number of nitrogens with zero attached hydrogens (tertiary/aromatic N) is 1. The molecule has 0 aromatic heterocycles. The molecule has 0 aliphatic heterocycles. The van der Waals surface area contributed by atoms with Crippen LogP contribution in [0, 0.1) is 6.92 Å². The lowest BCUT2D eigenvalue weighted by atomic mass is 10.0. The Morgan fingerprint density at radius 1 is 1.00 bits per heavy atom. The number of aromatic hydroxyl groups is 1. The number of aryl methyl sites for hydroxylation is 1. The normalized spacial score (nSPS) is 11.2. The summed E-state index contributed by atoms with van der Waals surface area (Å²) in [7, 11) is 0. The molecule has 0 heterocycles. The number of halogens is 1. The van der Waals surface area contributed by atoms with Gasteiger partial charge < -0.3 is 15.2 Å². The van der Waals surface area contributed by atoms with Crippen molar-refractivity contribution in [3.63, 3.8) is 0 Å². The minimum Gasteiger partial charge on any atom is -0.506 e. The van der Waals surface area contributed by atoms with E-state index in [0.717, 1.165) is 41.6 Å². The first-order chi connectivity index (χ1) is 17.5. The van der Waals surface area contributed by atoms with E-state index in [0.29, 0.717) is 12.2 Å². The van der Waals surface area contributed by atoms with Gasteiger partial charge in [0.25, 0.3) is 5.91 Å². The van der Waals surface area contributed by atoms with Crippen molar-refractivity contribution in [3.05, 3.63) is 106 Å². The lowest BCUT2D eigenvalue weighted by Gasteiger charge is -2.12. The molecule has 0 unspecified atom stereocenters. The summed E-state index contributed by atoms with van der Waals surface area (Å²) in [5.74, 6) is 0.293. The Labute approximate surface area is 215 Å². The third-order valence-corrected chi connectivity index (χ3v) is 6.05. The Kier molecular flexibility index (Phi) is 8.55. The molecule has 0 fully saturated rings. The van der Waals surface area contributed by atoms with Crippen LogP contribution in [-0.4, -0.2) is 36.9 Å². The Hall–Kier alpha value is -3.87. The number of hydrazone groups is 1. The highest BCUT2D eigenvalue weighted by molar-refractivity contribution is 6.32. The van der Waals surface area contributed by atoms with Gasteiger partial charge in [0.15, 0.2) is 0 Å². The highest BCUT2D eigenvalue weighted by Crippen LogP contribution is 2.28. The number of nitrogens with one attached hydrogen (secondary N) is 2. The third kappa shape index (κ3) is 6.62. The first-order valence-corrected chi connectivity index (χ1v) is 12.1. The molecule has 6 nitrogen and oxygen atoms in total. The Balaban J connectivity index is 1.32. The van der Waals surface area contributed by atoms with Gasteiger partial charge in [-0.1, -0.05) is 65.7 Å². The largest absolute Gasteiger partial charge is 0.506 e. The van der Waals surface area contributed by atoms with E-state index in [2.05, 4.69) is 47.0 Å². The summed E-state index contributed by atoms with van der Waals surface area (Å²) in [6.07, 6.45) is 2.58. The molecule has 0 atom stereocenters. The van der Waals surface area contributed by atoms with Gasteiger partial charge in [0, 0.05) is 23.1 Å². The molecule has 4 aromatic rings. The average molecular weight is 502 g/mol. The Bertz CT molecular complexity index is 1370. The summed E-state index contributed by atoms with van der Waals surface area (Å²) in [6.45, 7) is 4.29. The van der Waals surface area contributed by atoms with Crippen molar-refractivity contribution in [3.8, 4) is 11.5 Å². The first-order valence-electron chi connectivity index (χ1n) is 11.7. The van der Waals surface area contributed by atoms with Gasteiger partial charge in [0.2, 0.25) is 0 Å². The maximum atomic E-state index is 12.3. The van der Waals surface area contributed by atoms with Crippen molar-refractivity contribution >= 4 is 34.5 Å². The van der Waals surface area contributed by atoms with E-state index in [9.17, 15) is 9.90 Å². The smallest absolute Gasteiger partial charge is 0.271 e. The van der Waals surface area contributed by atoms with Crippen LogP contribution in [-0.2, 0) is 6.42 Å². The van der Waals surface area contributed by atoms with Crippen molar-refractivity contribution < 1.29 is 14.6 Å². The number of hydrogen-bond acceptors (Lipinski definition) is 5. The van der Waals surface area contributed by atoms with E-state index >= 15 is 0 Å². The van der Waals surface area contributed by atoms with Gasteiger partial charge in [0.1, 0.15) is 18.1 Å². The van der Waals surface area contributed by atoms with Crippen LogP contribution in [0.1, 0.15) is 27.0 Å². The molecule has 0 radical (unpaired) electrons. The molecule has 36 heavy (non-hydrogen) atoms. The van der Waals surface area contributed by atoms with Crippen LogP contribution in [0.25, 0.3) is 10.8 Å². The van der Waals surface area contributed by atoms with Crippen LogP contribution in [0.4, 0.5) is 0 Å². The van der Waals surface area contributed by atoms with Gasteiger partial charge in [-0.05, 0) is 61.2 Å². The Morgan fingerprint density at radius 3 is 2.56 bits per heavy atom. The van der Waals surface area contributed by atoms with Crippen LogP contribution in [0.2, 0.25) is 5.02 Å². The van der Waals surface area contributed by atoms with Crippen LogP contribution in [0.5, 0.6) is 11.5 Å². The summed E-state index contributed by atoms with van der Waals surface area (Å²) in [6, 6.07) is 24.6. The zero-order chi connectivity index (χ0) is 25.3. The maximum absolute atomic E-state index is 12.3. The van der Waals surface area contributed by atoms with Crippen molar-refractivity contribution in [1.82, 2.24) is 10.7 Å². The topological polar surface area (TPSA) is 83.0 Å². The van der Waals surface area contributed by atoms with Gasteiger partial charge in [-0.3, -0.25) is 4.79 Å². The maximum Gasteiger partial charge on any atom is 0.271 e. The third-order valence-electron chi connectivity index (χ3n) is 5.74. The lowest BCUT2D eigenvalue weighted by molar-refractivity contribution is 0.0955. The van der Waals surface area contributed by atoms with Crippen LogP contribution < -0.4 is 15.5 Å². The molecule has 7 heteroatoms. The number of rotatable bonds is 10. The fourth-order valence-electron chi connectivity index (χ4n) is 3.75. The van der Waals surface area contributed by atoms with E-state index in [1.54, 1.807) is 6.21 Å². The van der Waals surface area contributed by atoms with Crippen LogP contribution in [0.15, 0.2) is 84.0 Å². The highest BCUT2D eigenvalue weighted by atomic mass is 35.5. The molecule has 0 aliphatic carbocycles. The zero-order valence-electron chi connectivity index (χ0n) is 20.0. The van der Waals surface area contributed by atoms with E-state index in [4.69, 9.17) is 16.3 Å². The van der Waals surface area contributed by atoms with E-state index < -0.39 is 5.91 Å². The second-order valence-electron chi connectivity index (χ2n) is 8.40. The molecule has 3 N–H and O–H groups in total. The molecule has 0 bridgehead atoms. The minimum atomic E-state index is -0.424. The number of ether oxygens (including phenoxy) is 1. The monoisotopic (exact) mass is 501 g/mol. The summed E-state index contributed by atoms with van der Waals surface area (Å²) >= 11 is 5.87. The number of carbonyl (C=O) groups is 1. The van der Waals surface area contributed by atoms with Crippen molar-refractivity contribution in [1.29, 1.82) is 0 Å². The fraction of sp³-hybridized carbons (Fsp3) is 0.172. The molecule has 4 rings (SSSR count). The standard InChI is InChI=1S/C29H28ClN3O3/c1-20-6-8-21(9-7-20)14-15-31-16-17-36-28-13-11-23(24-4-2-3-5-25(24)28)19-32-33-29(35)22-10-12-27(34)26(30)18-22/h2-13,18-19,31,34H,14-17H2,1H3,(H,33,35)/b32-19-. The summed E-state index contributed by atoms with van der Waals surface area (Å²) < 4.78 is 6.05. The molecule has 0 saturated heterocycles. The quantitative estimate of drug-likeness (QED) is 0.153. The zero-order valence-corrected chi connectivity index (χ0v) is 20.8. The molecule has 0 spiro atoms. The van der Waals surface area contributed by atoms with E-state index in [1.165, 1.54) is 29.3 Å². The number of amides is 1. The first kappa shape index (κ1) is 25.2. The fourth-order valence-corrected chi connectivity index (χ4v) is 3.93. The van der Waals surface area contributed by atoms with Crippen LogP contribution >= 0.6 is 11.6 Å². The molecular formula is C29H28ClN3O3. The summed E-state index contributed by atoms with van der Waals surface area (Å²) in [4.78, 5) is 12.3. The van der Waals surface area contributed by atoms with Crippen LogP contribution in [0.3, 0.4) is 0 Å². The van der Waals surface area contributed by atoms with Gasteiger partial charge in [-0.25, -0.2) is 5.43 Å². The SMILES string of the molecule is Cc1ccc(CCNCCOc2ccc(/C=N\NC(=O)c3ccc(O)c(Cl)c3)c3ccccc23)cc1. The van der Waals surface area contributed by atoms with Gasteiger partial charge >= 0.3 is 0 Å². The van der Waals surface area contributed by atoms with E-state index in [-0.39, 0.29) is 10.8 Å². The van der Waals surface area contributed by atoms with Crippen molar-refractivity contribution in [2.24, 2.45) is 5.10 Å². The second kappa shape index (κ2) is 12.2.